The van der Waals surface area contributed by atoms with Crippen LogP contribution in [0.1, 0.15) is 81.5 Å². The van der Waals surface area contributed by atoms with Crippen LogP contribution in [0.3, 0.4) is 0 Å². The zero-order valence-corrected chi connectivity index (χ0v) is 20.2. The van der Waals surface area contributed by atoms with Gasteiger partial charge in [-0.2, -0.15) is 0 Å². The monoisotopic (exact) mass is 454 g/mol. The number of nitrogens with one attached hydrogen (secondary N) is 1. The molecule has 1 aromatic heterocycles. The van der Waals surface area contributed by atoms with E-state index in [0.29, 0.717) is 40.6 Å². The molecule has 1 aliphatic carbocycles. The van der Waals surface area contributed by atoms with Crippen molar-refractivity contribution in [3.05, 3.63) is 52.3 Å². The third kappa shape index (κ3) is 5.29. The van der Waals surface area contributed by atoms with E-state index >= 15 is 0 Å². The summed E-state index contributed by atoms with van der Waals surface area (Å²) in [7, 11) is 2.89. The molecule has 0 spiro atoms. The molecular weight excluding hydrogens is 420 g/mol. The van der Waals surface area contributed by atoms with Crippen LogP contribution in [0.25, 0.3) is 0 Å². The molecule has 178 valence electrons. The van der Waals surface area contributed by atoms with Crippen LogP contribution >= 0.6 is 0 Å². The van der Waals surface area contributed by atoms with E-state index in [9.17, 15) is 14.4 Å². The normalized spacial score (nSPS) is 15.1. The summed E-state index contributed by atoms with van der Waals surface area (Å²) >= 11 is 0. The van der Waals surface area contributed by atoms with Gasteiger partial charge < -0.3 is 19.4 Å². The van der Waals surface area contributed by atoms with E-state index in [0.717, 1.165) is 25.7 Å². The molecule has 7 heteroatoms. The van der Waals surface area contributed by atoms with Gasteiger partial charge >= 0.3 is 5.97 Å². The number of ketones is 1. The average Bonchev–Trinajstić information content (AvgIpc) is 3.15. The Kier molecular flexibility index (Phi) is 7.95. The van der Waals surface area contributed by atoms with Gasteiger partial charge in [0.2, 0.25) is 0 Å². The number of carbonyl (C=O) groups excluding carboxylic acids is 3. The zero-order chi connectivity index (χ0) is 24.1. The van der Waals surface area contributed by atoms with Crippen LogP contribution in [-0.2, 0) is 4.74 Å². The first kappa shape index (κ1) is 24.6. The first-order chi connectivity index (χ1) is 15.8. The Morgan fingerprint density at radius 2 is 1.70 bits per heavy atom. The van der Waals surface area contributed by atoms with Crippen molar-refractivity contribution in [1.82, 2.24) is 9.88 Å². The summed E-state index contributed by atoms with van der Waals surface area (Å²) in [5, 5.41) is 0. The number of hydrogen-bond donors (Lipinski definition) is 1. The van der Waals surface area contributed by atoms with E-state index in [4.69, 9.17) is 9.47 Å². The highest BCUT2D eigenvalue weighted by atomic mass is 16.5. The Labute approximate surface area is 195 Å². The van der Waals surface area contributed by atoms with Crippen LogP contribution in [0.4, 0.5) is 0 Å². The molecule has 0 aliphatic heterocycles. The summed E-state index contributed by atoms with van der Waals surface area (Å²) in [5.74, 6) is 0.159. The minimum absolute atomic E-state index is 0.178. The Morgan fingerprint density at radius 3 is 2.27 bits per heavy atom. The maximum Gasteiger partial charge on any atom is 0.354 e. The molecule has 1 amide bonds. The van der Waals surface area contributed by atoms with Gasteiger partial charge in [0, 0.05) is 23.4 Å². The molecule has 0 radical (unpaired) electrons. The number of carbonyl (C=O) groups is 3. The van der Waals surface area contributed by atoms with Crippen molar-refractivity contribution >= 4 is 17.7 Å². The maximum atomic E-state index is 13.6. The summed E-state index contributed by atoms with van der Waals surface area (Å²) in [5.41, 5.74) is 2.37. The molecule has 0 bridgehead atoms. The lowest BCUT2D eigenvalue weighted by Crippen LogP contribution is -2.46. The van der Waals surface area contributed by atoms with Crippen molar-refractivity contribution < 1.29 is 23.9 Å². The number of H-pyrrole nitrogens is 1. The minimum Gasteiger partial charge on any atom is -0.497 e. The van der Waals surface area contributed by atoms with Crippen LogP contribution in [0, 0.1) is 19.8 Å². The largest absolute Gasteiger partial charge is 0.497 e. The van der Waals surface area contributed by atoms with Gasteiger partial charge in [-0.1, -0.05) is 19.3 Å². The Hall–Kier alpha value is -3.09. The smallest absolute Gasteiger partial charge is 0.354 e. The van der Waals surface area contributed by atoms with Crippen molar-refractivity contribution in [3.8, 4) is 5.75 Å². The number of amides is 1. The molecule has 1 saturated carbocycles. The molecule has 1 aromatic carbocycles. The summed E-state index contributed by atoms with van der Waals surface area (Å²) in [6.07, 6.45) is 5.63. The summed E-state index contributed by atoms with van der Waals surface area (Å²) in [4.78, 5) is 44.0. The quantitative estimate of drug-likeness (QED) is 0.461. The molecule has 0 saturated heterocycles. The van der Waals surface area contributed by atoms with Gasteiger partial charge in [0.25, 0.3) is 5.91 Å². The van der Waals surface area contributed by atoms with Gasteiger partial charge in [0.05, 0.1) is 20.3 Å². The van der Waals surface area contributed by atoms with Crippen LogP contribution in [0.2, 0.25) is 0 Å². The molecule has 7 nitrogen and oxygen atoms in total. The molecule has 1 heterocycles. The second-order valence-corrected chi connectivity index (χ2v) is 8.85. The van der Waals surface area contributed by atoms with Crippen LogP contribution in [-0.4, -0.2) is 54.3 Å². The first-order valence-corrected chi connectivity index (χ1v) is 11.5. The van der Waals surface area contributed by atoms with Gasteiger partial charge in [-0.25, -0.2) is 4.79 Å². The third-order valence-corrected chi connectivity index (χ3v) is 6.70. The molecule has 3 rings (SSSR count). The number of ether oxygens (including phenoxy) is 2. The fourth-order valence-electron chi connectivity index (χ4n) is 4.74. The van der Waals surface area contributed by atoms with Crippen molar-refractivity contribution in [2.24, 2.45) is 5.92 Å². The number of Topliss-reactive ketones (excluding diaryl/α,β-unsaturated/α-hetero) is 1. The van der Waals surface area contributed by atoms with Gasteiger partial charge in [-0.3, -0.25) is 9.59 Å². The highest BCUT2D eigenvalue weighted by Gasteiger charge is 2.33. The molecule has 0 unspecified atom stereocenters. The topological polar surface area (TPSA) is 88.7 Å². The fourth-order valence-corrected chi connectivity index (χ4v) is 4.74. The summed E-state index contributed by atoms with van der Waals surface area (Å²) in [6.45, 7) is 5.79. The molecule has 33 heavy (non-hydrogen) atoms. The number of esters is 1. The lowest BCUT2D eigenvalue weighted by atomic mass is 9.88. The van der Waals surface area contributed by atoms with E-state index < -0.39 is 12.0 Å². The number of aryl methyl sites for hydroxylation is 1. The first-order valence-electron chi connectivity index (χ1n) is 11.5. The van der Waals surface area contributed by atoms with Crippen molar-refractivity contribution in [1.29, 1.82) is 0 Å². The molecule has 1 fully saturated rings. The maximum absolute atomic E-state index is 13.6. The van der Waals surface area contributed by atoms with E-state index in [1.54, 1.807) is 57.0 Å². The van der Waals surface area contributed by atoms with Gasteiger partial charge in [0.1, 0.15) is 11.4 Å². The van der Waals surface area contributed by atoms with E-state index in [1.807, 2.05) is 0 Å². The molecule has 1 aliphatic rings. The predicted octanol–water partition coefficient (Wildman–Crippen LogP) is 4.72. The van der Waals surface area contributed by atoms with Crippen LogP contribution in [0.5, 0.6) is 5.75 Å². The number of nitrogens with zero attached hydrogens (tertiary/aromatic N) is 1. The van der Waals surface area contributed by atoms with E-state index in [1.165, 1.54) is 13.5 Å². The second-order valence-electron chi connectivity index (χ2n) is 8.85. The lowest BCUT2D eigenvalue weighted by molar-refractivity contribution is 0.0577. The summed E-state index contributed by atoms with van der Waals surface area (Å²) < 4.78 is 10.0. The second kappa shape index (κ2) is 10.7. The zero-order valence-electron chi connectivity index (χ0n) is 20.2. The average molecular weight is 455 g/mol. The number of aromatic nitrogens is 1. The van der Waals surface area contributed by atoms with Gasteiger partial charge in [0.15, 0.2) is 5.78 Å². The van der Waals surface area contributed by atoms with Crippen LogP contribution < -0.4 is 4.74 Å². The fraction of sp³-hybridized carbons (Fsp3) is 0.500. The van der Waals surface area contributed by atoms with Crippen molar-refractivity contribution in [2.45, 2.75) is 58.9 Å². The third-order valence-electron chi connectivity index (χ3n) is 6.70. The highest BCUT2D eigenvalue weighted by molar-refractivity contribution is 6.07. The van der Waals surface area contributed by atoms with Crippen molar-refractivity contribution in [2.75, 3.05) is 20.8 Å². The van der Waals surface area contributed by atoms with E-state index in [-0.39, 0.29) is 17.4 Å². The predicted molar refractivity (Wildman–Crippen MR) is 126 cm³/mol. The number of hydrogen-bond acceptors (Lipinski definition) is 5. The molecule has 1 atom stereocenters. The molecule has 2 aromatic rings. The molecular formula is C26H34N2O5. The van der Waals surface area contributed by atoms with Gasteiger partial charge in [-0.15, -0.1) is 0 Å². The Morgan fingerprint density at radius 1 is 1.06 bits per heavy atom. The Balaban J connectivity index is 1.93. The lowest BCUT2D eigenvalue weighted by Gasteiger charge is -2.33. The minimum atomic E-state index is -0.680. The van der Waals surface area contributed by atoms with E-state index in [2.05, 4.69) is 4.98 Å². The standard InChI is InChI=1S/C26H34N2O5/c1-16-22(17(2)27-23(16)26(31)33-5)24(29)18(3)28(15-19-9-7-6-8-10-19)25(30)20-11-13-21(32-4)14-12-20/h11-14,18-19,27H,6-10,15H2,1-5H3/t18-/m1/s1. The summed E-state index contributed by atoms with van der Waals surface area (Å²) in [6, 6.07) is 6.28. The number of methoxy groups -OCH3 is 2. The van der Waals surface area contributed by atoms with Crippen molar-refractivity contribution in [3.63, 3.8) is 0 Å². The van der Waals surface area contributed by atoms with Crippen LogP contribution in [0.15, 0.2) is 24.3 Å². The molecule has 1 N–H and O–H groups in total. The number of benzene rings is 1. The Bertz CT molecular complexity index is 1000. The highest BCUT2D eigenvalue weighted by Crippen LogP contribution is 2.28. The van der Waals surface area contributed by atoms with Gasteiger partial charge in [-0.05, 0) is 69.4 Å². The number of rotatable bonds is 8. The number of aromatic amines is 1. The SMILES string of the molecule is COC(=O)c1[nH]c(C)c(C(=O)[C@@H](C)N(CC2CCCCC2)C(=O)c2ccc(OC)cc2)c1C.